The summed E-state index contributed by atoms with van der Waals surface area (Å²) in [5.74, 6) is -0.711. The van der Waals surface area contributed by atoms with Crippen molar-refractivity contribution in [1.29, 1.82) is 0 Å². The highest BCUT2D eigenvalue weighted by atomic mass is 32.2. The molecule has 0 saturated carbocycles. The van der Waals surface area contributed by atoms with E-state index in [4.69, 9.17) is 11.5 Å². The number of piperidine rings is 1. The number of aromatic nitrogens is 1. The van der Waals surface area contributed by atoms with Crippen molar-refractivity contribution in [3.8, 4) is 11.1 Å². The molecule has 4 rings (SSSR count). The molecule has 1 fully saturated rings. The van der Waals surface area contributed by atoms with Gasteiger partial charge in [-0.15, -0.1) is 11.3 Å². The fourth-order valence-corrected chi connectivity index (χ4v) is 7.16. The van der Waals surface area contributed by atoms with Gasteiger partial charge in [0.15, 0.2) is 0 Å². The number of amides is 2. The molecule has 2 aromatic heterocycles. The average Bonchev–Trinajstić information content (AvgIpc) is 3.44. The summed E-state index contributed by atoms with van der Waals surface area (Å²) in [5.41, 5.74) is 15.1. The first-order chi connectivity index (χ1) is 17.0. The number of hydrogen-bond acceptors (Lipinski definition) is 6. The monoisotopic (exact) mass is 531 g/mol. The number of rotatable bonds is 9. The van der Waals surface area contributed by atoms with Crippen LogP contribution < -0.4 is 11.5 Å². The van der Waals surface area contributed by atoms with Crippen molar-refractivity contribution in [2.45, 2.75) is 44.4 Å². The fourth-order valence-electron chi connectivity index (χ4n) is 4.87. The number of hydrogen-bond donors (Lipinski definition) is 3. The summed E-state index contributed by atoms with van der Waals surface area (Å²) in [5, 5.41) is 2.53. The Kier molecular flexibility index (Phi) is 7.56. The van der Waals surface area contributed by atoms with E-state index < -0.39 is 21.2 Å². The Labute approximate surface area is 215 Å². The number of fused-ring (bicyclic) bond motifs is 1. The van der Waals surface area contributed by atoms with Crippen LogP contribution in [0.15, 0.2) is 29.8 Å². The number of sulfonamides is 1. The minimum Gasteiger partial charge on any atom is -0.369 e. The van der Waals surface area contributed by atoms with E-state index in [9.17, 15) is 18.0 Å². The fraction of sp³-hybridized carbons (Fsp3) is 0.440. The summed E-state index contributed by atoms with van der Waals surface area (Å²) in [6.07, 6.45) is 3.35. The second kappa shape index (κ2) is 10.3. The van der Waals surface area contributed by atoms with Gasteiger partial charge in [-0.05, 0) is 79.9 Å². The molecule has 0 spiro atoms. The van der Waals surface area contributed by atoms with E-state index in [2.05, 4.69) is 17.1 Å². The van der Waals surface area contributed by atoms with Gasteiger partial charge in [-0.1, -0.05) is 0 Å². The summed E-state index contributed by atoms with van der Waals surface area (Å²) in [6.45, 7) is 5.14. The standard InChI is InChI=1S/C25H33N5O4S2/c1-15(2)36(33,34)30-6-4-16(5-7-30)22-11-28-24-20(22)9-17(10-21(24)25(27)32)18-8-19(35-14-18)12-29(3)13-23(26)31/h8-11,14-16,28H,4-7,12-13H2,1-3H3,(H2,26,31)(H2,27,32). The molecule has 9 nitrogen and oxygen atoms in total. The van der Waals surface area contributed by atoms with E-state index in [-0.39, 0.29) is 18.4 Å². The van der Waals surface area contributed by atoms with Gasteiger partial charge < -0.3 is 16.5 Å². The highest BCUT2D eigenvalue weighted by Crippen LogP contribution is 2.38. The van der Waals surface area contributed by atoms with Crippen LogP contribution in [0, 0.1) is 0 Å². The third-order valence-electron chi connectivity index (χ3n) is 6.77. The number of nitrogens with one attached hydrogen (secondary N) is 1. The summed E-state index contributed by atoms with van der Waals surface area (Å²) in [4.78, 5) is 29.7. The molecule has 2 amide bonds. The van der Waals surface area contributed by atoms with Crippen LogP contribution in [0.25, 0.3) is 22.0 Å². The molecular weight excluding hydrogens is 498 g/mol. The smallest absolute Gasteiger partial charge is 0.250 e. The Balaban J connectivity index is 1.64. The molecular formula is C25H33N5O4S2. The topological polar surface area (TPSA) is 143 Å². The van der Waals surface area contributed by atoms with Gasteiger partial charge in [-0.2, -0.15) is 0 Å². The first kappa shape index (κ1) is 26.3. The van der Waals surface area contributed by atoms with Crippen LogP contribution >= 0.6 is 11.3 Å². The van der Waals surface area contributed by atoms with Crippen LogP contribution in [0.3, 0.4) is 0 Å². The number of primary amides is 2. The van der Waals surface area contributed by atoms with Gasteiger partial charge in [0.05, 0.1) is 22.9 Å². The zero-order valence-corrected chi connectivity index (χ0v) is 22.4. The predicted octanol–water partition coefficient (Wildman–Crippen LogP) is 2.83. The molecule has 3 aromatic rings. The van der Waals surface area contributed by atoms with Crippen molar-refractivity contribution in [2.24, 2.45) is 11.5 Å². The zero-order valence-electron chi connectivity index (χ0n) is 20.8. The van der Waals surface area contributed by atoms with Gasteiger partial charge in [0, 0.05) is 36.1 Å². The maximum Gasteiger partial charge on any atom is 0.250 e. The van der Waals surface area contributed by atoms with Crippen molar-refractivity contribution >= 4 is 44.1 Å². The Hall–Kier alpha value is -2.73. The van der Waals surface area contributed by atoms with Crippen LogP contribution in [-0.2, 0) is 21.4 Å². The van der Waals surface area contributed by atoms with Gasteiger partial charge in [-0.3, -0.25) is 14.5 Å². The van der Waals surface area contributed by atoms with E-state index in [1.165, 1.54) is 0 Å². The minimum absolute atomic E-state index is 0.175. The van der Waals surface area contributed by atoms with Crippen LogP contribution in [0.2, 0.25) is 0 Å². The van der Waals surface area contributed by atoms with Crippen molar-refractivity contribution in [1.82, 2.24) is 14.2 Å². The number of carbonyl (C=O) groups excluding carboxylic acids is 2. The Bertz CT molecular complexity index is 1380. The highest BCUT2D eigenvalue weighted by molar-refractivity contribution is 7.89. The van der Waals surface area contributed by atoms with Gasteiger partial charge in [0.25, 0.3) is 5.91 Å². The van der Waals surface area contributed by atoms with E-state index in [0.29, 0.717) is 43.6 Å². The van der Waals surface area contributed by atoms with E-state index in [0.717, 1.165) is 27.0 Å². The number of thiophene rings is 1. The molecule has 1 aliphatic heterocycles. The normalized spacial score (nSPS) is 15.8. The molecule has 194 valence electrons. The van der Waals surface area contributed by atoms with Crippen LogP contribution in [0.5, 0.6) is 0 Å². The molecule has 1 aliphatic rings. The molecule has 0 atom stereocenters. The lowest BCUT2D eigenvalue weighted by molar-refractivity contribution is -0.118. The maximum absolute atomic E-state index is 12.6. The third kappa shape index (κ3) is 5.34. The molecule has 5 N–H and O–H groups in total. The van der Waals surface area contributed by atoms with Crippen LogP contribution in [0.4, 0.5) is 0 Å². The molecule has 36 heavy (non-hydrogen) atoms. The van der Waals surface area contributed by atoms with Crippen molar-refractivity contribution < 1.29 is 18.0 Å². The Morgan fingerprint density at radius 2 is 1.86 bits per heavy atom. The van der Waals surface area contributed by atoms with Gasteiger partial charge in [-0.25, -0.2) is 12.7 Å². The second-order valence-electron chi connectivity index (χ2n) is 9.76. The Morgan fingerprint density at radius 3 is 2.47 bits per heavy atom. The number of benzene rings is 1. The number of nitrogens with zero attached hydrogens (tertiary/aromatic N) is 2. The largest absolute Gasteiger partial charge is 0.369 e. The lowest BCUT2D eigenvalue weighted by Gasteiger charge is -2.32. The molecule has 0 aliphatic carbocycles. The predicted molar refractivity (Wildman–Crippen MR) is 143 cm³/mol. The lowest BCUT2D eigenvalue weighted by atomic mass is 9.88. The Morgan fingerprint density at radius 1 is 1.17 bits per heavy atom. The number of carbonyl (C=O) groups is 2. The molecule has 0 unspecified atom stereocenters. The number of nitrogens with two attached hydrogens (primary N) is 2. The van der Waals surface area contributed by atoms with Crippen LogP contribution in [0.1, 0.15) is 53.4 Å². The van der Waals surface area contributed by atoms with Crippen LogP contribution in [-0.4, -0.2) is 66.4 Å². The summed E-state index contributed by atoms with van der Waals surface area (Å²) >= 11 is 1.58. The van der Waals surface area contributed by atoms with E-state index >= 15 is 0 Å². The second-order valence-corrected chi connectivity index (χ2v) is 13.2. The van der Waals surface area contributed by atoms with Gasteiger partial charge >= 0.3 is 0 Å². The molecule has 1 saturated heterocycles. The maximum atomic E-state index is 12.6. The average molecular weight is 532 g/mol. The third-order valence-corrected chi connectivity index (χ3v) is 9.97. The SMILES string of the molecule is CC(C)S(=O)(=O)N1CCC(c2c[nH]c3c(C(N)=O)cc(-c4csc(CN(C)CC(N)=O)c4)cc23)CC1. The quantitative estimate of drug-likeness (QED) is 0.389. The molecule has 1 aromatic carbocycles. The summed E-state index contributed by atoms with van der Waals surface area (Å²) < 4.78 is 26.7. The number of aromatic amines is 1. The molecule has 11 heteroatoms. The van der Waals surface area contributed by atoms with Gasteiger partial charge in [0.2, 0.25) is 15.9 Å². The summed E-state index contributed by atoms with van der Waals surface area (Å²) in [7, 11) is -1.43. The first-order valence-electron chi connectivity index (χ1n) is 12.0. The van der Waals surface area contributed by atoms with Crippen molar-refractivity contribution in [3.63, 3.8) is 0 Å². The first-order valence-corrected chi connectivity index (χ1v) is 14.3. The minimum atomic E-state index is -3.27. The van der Waals surface area contributed by atoms with Crippen molar-refractivity contribution in [3.05, 3.63) is 45.8 Å². The number of likely N-dealkylation sites (N-methyl/N-ethyl adjacent to an activating group) is 1. The van der Waals surface area contributed by atoms with E-state index in [1.54, 1.807) is 29.5 Å². The zero-order chi connectivity index (χ0) is 26.2. The van der Waals surface area contributed by atoms with E-state index in [1.807, 2.05) is 29.6 Å². The highest BCUT2D eigenvalue weighted by Gasteiger charge is 2.31. The van der Waals surface area contributed by atoms with Gasteiger partial charge in [0.1, 0.15) is 0 Å². The molecule has 0 bridgehead atoms. The molecule has 3 heterocycles. The molecule has 0 radical (unpaired) electrons. The summed E-state index contributed by atoms with van der Waals surface area (Å²) in [6, 6.07) is 5.93. The van der Waals surface area contributed by atoms with Crippen molar-refractivity contribution in [2.75, 3.05) is 26.7 Å². The lowest BCUT2D eigenvalue weighted by Crippen LogP contribution is -2.41. The number of H-pyrrole nitrogens is 1.